The zero-order valence-corrected chi connectivity index (χ0v) is 10.7. The van der Waals surface area contributed by atoms with E-state index < -0.39 is 11.3 Å². The highest BCUT2D eigenvalue weighted by Gasteiger charge is 2.66. The standard InChI is InChI=1S/C17H12F2O/c18-17(19)14-8-4-2-6-12(14)15(20)11-5-1-3-7-13(11)16(17)9-10-16/h1-8H,9-10H2. The molecule has 2 aromatic carbocycles. The van der Waals surface area contributed by atoms with Crippen molar-refractivity contribution in [2.24, 2.45) is 0 Å². The average molecular weight is 270 g/mol. The van der Waals surface area contributed by atoms with Crippen LogP contribution in [0.3, 0.4) is 0 Å². The molecule has 0 aliphatic heterocycles. The summed E-state index contributed by atoms with van der Waals surface area (Å²) >= 11 is 0. The minimum Gasteiger partial charge on any atom is -0.289 e. The molecule has 0 saturated heterocycles. The second-order valence-corrected chi connectivity index (χ2v) is 5.58. The van der Waals surface area contributed by atoms with E-state index in [2.05, 4.69) is 0 Å². The summed E-state index contributed by atoms with van der Waals surface area (Å²) in [6.07, 6.45) is 0.858. The summed E-state index contributed by atoms with van der Waals surface area (Å²) in [4.78, 5) is 12.6. The Bertz CT molecular complexity index is 680. The van der Waals surface area contributed by atoms with Gasteiger partial charge in [0.1, 0.15) is 0 Å². The molecule has 2 aliphatic rings. The maximum Gasteiger partial charge on any atom is 0.283 e. The molecular weight excluding hydrogens is 258 g/mol. The lowest BCUT2D eigenvalue weighted by molar-refractivity contribution is -0.0460. The number of carbonyl (C=O) groups is 1. The smallest absolute Gasteiger partial charge is 0.283 e. The number of ketones is 1. The number of hydrogen-bond acceptors (Lipinski definition) is 1. The number of halogens is 2. The van der Waals surface area contributed by atoms with Gasteiger partial charge in [0.15, 0.2) is 5.78 Å². The fraction of sp³-hybridized carbons (Fsp3) is 0.235. The van der Waals surface area contributed by atoms with E-state index in [0.717, 1.165) is 0 Å². The first-order valence-electron chi connectivity index (χ1n) is 6.69. The van der Waals surface area contributed by atoms with Crippen LogP contribution in [0.25, 0.3) is 0 Å². The molecule has 0 heterocycles. The summed E-state index contributed by atoms with van der Waals surface area (Å²) in [5, 5.41) is 0. The Morgan fingerprint density at radius 3 is 1.90 bits per heavy atom. The van der Waals surface area contributed by atoms with Crippen molar-refractivity contribution in [2.75, 3.05) is 0 Å². The fourth-order valence-electron chi connectivity index (χ4n) is 3.33. The molecular formula is C17H12F2O. The van der Waals surface area contributed by atoms with Crippen molar-refractivity contribution in [3.63, 3.8) is 0 Å². The minimum absolute atomic E-state index is 0.126. The summed E-state index contributed by atoms with van der Waals surface area (Å²) < 4.78 is 30.0. The third kappa shape index (κ3) is 1.23. The van der Waals surface area contributed by atoms with E-state index in [1.807, 2.05) is 0 Å². The van der Waals surface area contributed by atoms with Crippen LogP contribution in [0, 0.1) is 0 Å². The maximum atomic E-state index is 15.0. The molecule has 0 aromatic heterocycles. The Morgan fingerprint density at radius 2 is 1.30 bits per heavy atom. The van der Waals surface area contributed by atoms with Gasteiger partial charge in [-0.25, -0.2) is 8.78 Å². The third-order valence-electron chi connectivity index (χ3n) is 4.55. The number of rotatable bonds is 0. The van der Waals surface area contributed by atoms with Crippen molar-refractivity contribution >= 4 is 5.78 Å². The number of benzene rings is 2. The van der Waals surface area contributed by atoms with Crippen LogP contribution >= 0.6 is 0 Å². The molecule has 100 valence electrons. The van der Waals surface area contributed by atoms with E-state index in [1.54, 1.807) is 36.4 Å². The normalized spacial score (nSPS) is 21.0. The van der Waals surface area contributed by atoms with Gasteiger partial charge in [0.25, 0.3) is 5.92 Å². The first-order valence-corrected chi connectivity index (χ1v) is 6.69. The molecule has 1 spiro atoms. The van der Waals surface area contributed by atoms with Gasteiger partial charge >= 0.3 is 0 Å². The molecule has 1 fully saturated rings. The zero-order valence-electron chi connectivity index (χ0n) is 10.7. The molecule has 0 radical (unpaired) electrons. The highest BCUT2D eigenvalue weighted by atomic mass is 19.3. The molecule has 1 nitrogen and oxygen atoms in total. The molecule has 20 heavy (non-hydrogen) atoms. The SMILES string of the molecule is O=C1c2ccccc2C(F)(F)C2(CC2)c2ccccc21. The van der Waals surface area contributed by atoms with Crippen LogP contribution in [0.5, 0.6) is 0 Å². The minimum atomic E-state index is -2.99. The molecule has 2 aromatic rings. The van der Waals surface area contributed by atoms with E-state index in [4.69, 9.17) is 0 Å². The summed E-state index contributed by atoms with van der Waals surface area (Å²) in [6.45, 7) is 0. The second-order valence-electron chi connectivity index (χ2n) is 5.58. The first kappa shape index (κ1) is 11.8. The molecule has 2 aliphatic carbocycles. The maximum absolute atomic E-state index is 15.0. The first-order chi connectivity index (χ1) is 9.58. The van der Waals surface area contributed by atoms with Crippen molar-refractivity contribution in [2.45, 2.75) is 24.2 Å². The predicted molar refractivity (Wildman–Crippen MR) is 71.1 cm³/mol. The van der Waals surface area contributed by atoms with Crippen LogP contribution in [-0.2, 0) is 11.3 Å². The lowest BCUT2D eigenvalue weighted by Crippen LogP contribution is -2.31. The Hall–Kier alpha value is -2.03. The van der Waals surface area contributed by atoms with Crippen LogP contribution in [0.15, 0.2) is 48.5 Å². The lowest BCUT2D eigenvalue weighted by Gasteiger charge is -2.27. The number of carbonyl (C=O) groups excluding carboxylic acids is 1. The molecule has 0 N–H and O–H groups in total. The van der Waals surface area contributed by atoms with Gasteiger partial charge in [0.05, 0.1) is 5.41 Å². The van der Waals surface area contributed by atoms with Gasteiger partial charge in [-0.2, -0.15) is 0 Å². The number of fused-ring (bicyclic) bond motifs is 3. The lowest BCUT2D eigenvalue weighted by atomic mass is 9.85. The summed E-state index contributed by atoms with van der Waals surface area (Å²) in [5.74, 6) is -3.29. The largest absolute Gasteiger partial charge is 0.289 e. The fourth-order valence-corrected chi connectivity index (χ4v) is 3.33. The van der Waals surface area contributed by atoms with Crippen LogP contribution < -0.4 is 0 Å². The summed E-state index contributed by atoms with van der Waals surface area (Å²) in [5.41, 5.74) is -0.250. The van der Waals surface area contributed by atoms with Gasteiger partial charge in [0, 0.05) is 16.7 Å². The van der Waals surface area contributed by atoms with Gasteiger partial charge < -0.3 is 0 Å². The van der Waals surface area contributed by atoms with Crippen LogP contribution in [-0.4, -0.2) is 5.78 Å². The van der Waals surface area contributed by atoms with Gasteiger partial charge in [-0.05, 0) is 18.4 Å². The number of alkyl halides is 2. The molecule has 0 bridgehead atoms. The van der Waals surface area contributed by atoms with E-state index in [1.165, 1.54) is 12.1 Å². The molecule has 0 unspecified atom stereocenters. The van der Waals surface area contributed by atoms with Crippen molar-refractivity contribution in [1.82, 2.24) is 0 Å². The average Bonchev–Trinajstić information content (AvgIpc) is 3.28. The van der Waals surface area contributed by atoms with Crippen LogP contribution in [0.4, 0.5) is 8.78 Å². The van der Waals surface area contributed by atoms with Crippen molar-refractivity contribution in [1.29, 1.82) is 0 Å². The summed E-state index contributed by atoms with van der Waals surface area (Å²) in [6, 6.07) is 12.9. The molecule has 3 heteroatoms. The van der Waals surface area contributed by atoms with E-state index >= 15 is 0 Å². The Balaban J connectivity index is 2.12. The predicted octanol–water partition coefficient (Wildman–Crippen LogP) is 4.05. The van der Waals surface area contributed by atoms with E-state index in [-0.39, 0.29) is 16.9 Å². The van der Waals surface area contributed by atoms with Gasteiger partial charge in [-0.3, -0.25) is 4.79 Å². The molecule has 4 rings (SSSR count). The zero-order chi connectivity index (χ0) is 14.0. The Morgan fingerprint density at radius 1 is 0.800 bits per heavy atom. The van der Waals surface area contributed by atoms with Crippen molar-refractivity contribution < 1.29 is 13.6 Å². The monoisotopic (exact) mass is 270 g/mol. The van der Waals surface area contributed by atoms with Gasteiger partial charge in [-0.15, -0.1) is 0 Å². The molecule has 0 amide bonds. The van der Waals surface area contributed by atoms with Crippen molar-refractivity contribution in [3.8, 4) is 0 Å². The summed E-state index contributed by atoms with van der Waals surface area (Å²) in [7, 11) is 0. The quantitative estimate of drug-likeness (QED) is 0.705. The van der Waals surface area contributed by atoms with Crippen LogP contribution in [0.2, 0.25) is 0 Å². The van der Waals surface area contributed by atoms with Gasteiger partial charge in [0.2, 0.25) is 0 Å². The highest BCUT2D eigenvalue weighted by Crippen LogP contribution is 2.64. The number of hydrogen-bond donors (Lipinski definition) is 0. The van der Waals surface area contributed by atoms with E-state index in [9.17, 15) is 13.6 Å². The second kappa shape index (κ2) is 3.54. The molecule has 1 saturated carbocycles. The van der Waals surface area contributed by atoms with E-state index in [0.29, 0.717) is 24.0 Å². The van der Waals surface area contributed by atoms with Gasteiger partial charge in [-0.1, -0.05) is 48.5 Å². The van der Waals surface area contributed by atoms with Crippen LogP contribution in [0.1, 0.15) is 39.9 Å². The Kier molecular flexibility index (Phi) is 2.08. The molecule has 0 atom stereocenters. The van der Waals surface area contributed by atoms with Crippen molar-refractivity contribution in [3.05, 3.63) is 70.8 Å². The third-order valence-corrected chi connectivity index (χ3v) is 4.55. The topological polar surface area (TPSA) is 17.1 Å². The highest BCUT2D eigenvalue weighted by molar-refractivity contribution is 6.12. The Labute approximate surface area is 115 Å².